The van der Waals surface area contributed by atoms with Gasteiger partial charge >= 0.3 is 0 Å². The molecule has 0 atom stereocenters. The minimum Gasteiger partial charge on any atom is -0.307 e. The van der Waals surface area contributed by atoms with Gasteiger partial charge in [-0.15, -0.1) is 0 Å². The summed E-state index contributed by atoms with van der Waals surface area (Å²) in [7, 11) is 0. The van der Waals surface area contributed by atoms with Gasteiger partial charge in [-0.05, 0) is 41.5 Å². The van der Waals surface area contributed by atoms with Crippen LogP contribution in [-0.2, 0) is 17.8 Å². The number of amides is 1. The predicted molar refractivity (Wildman–Crippen MR) is 80.4 cm³/mol. The smallest absolute Gasteiger partial charge is 0.231 e. The van der Waals surface area contributed by atoms with Crippen LogP contribution in [0.3, 0.4) is 0 Å². The minimum absolute atomic E-state index is 0.00245. The van der Waals surface area contributed by atoms with E-state index in [0.717, 1.165) is 16.8 Å². The summed E-state index contributed by atoms with van der Waals surface area (Å²) >= 11 is 9.24. The number of hydrogen-bond acceptors (Lipinski definition) is 1. The SMILES string of the molecule is O=C1Cc2ccc(Cl)cc2N1Cc1cc(F)cc(Br)c1. The molecule has 0 N–H and O–H groups in total. The van der Waals surface area contributed by atoms with E-state index in [4.69, 9.17) is 11.6 Å². The zero-order valence-corrected chi connectivity index (χ0v) is 12.7. The predicted octanol–water partition coefficient (Wildman–Crippen LogP) is 4.33. The molecule has 0 aliphatic carbocycles. The maximum Gasteiger partial charge on any atom is 0.231 e. The average molecular weight is 355 g/mol. The van der Waals surface area contributed by atoms with E-state index in [9.17, 15) is 9.18 Å². The lowest BCUT2D eigenvalue weighted by Crippen LogP contribution is -2.26. The van der Waals surface area contributed by atoms with Crippen molar-refractivity contribution < 1.29 is 9.18 Å². The van der Waals surface area contributed by atoms with Crippen LogP contribution < -0.4 is 4.90 Å². The highest BCUT2D eigenvalue weighted by molar-refractivity contribution is 9.10. The molecule has 2 nitrogen and oxygen atoms in total. The summed E-state index contributed by atoms with van der Waals surface area (Å²) in [4.78, 5) is 13.7. The standard InChI is InChI=1S/C15H10BrClFNO/c16-11-3-9(4-13(18)6-11)8-19-14-7-12(17)2-1-10(14)5-15(19)20/h1-4,6-7H,5,8H2. The highest BCUT2D eigenvalue weighted by Gasteiger charge is 2.27. The summed E-state index contributed by atoms with van der Waals surface area (Å²) in [5.74, 6) is -0.324. The van der Waals surface area contributed by atoms with Crippen LogP contribution in [0.5, 0.6) is 0 Å². The fraction of sp³-hybridized carbons (Fsp3) is 0.133. The van der Waals surface area contributed by atoms with E-state index in [-0.39, 0.29) is 11.7 Å². The summed E-state index contributed by atoms with van der Waals surface area (Å²) in [5.41, 5.74) is 2.50. The number of hydrogen-bond donors (Lipinski definition) is 0. The third-order valence-corrected chi connectivity index (χ3v) is 3.94. The molecule has 0 unspecified atom stereocenters. The van der Waals surface area contributed by atoms with Crippen molar-refractivity contribution in [3.63, 3.8) is 0 Å². The second-order valence-electron chi connectivity index (χ2n) is 4.71. The lowest BCUT2D eigenvalue weighted by molar-refractivity contribution is -0.117. The third kappa shape index (κ3) is 2.58. The second kappa shape index (κ2) is 5.19. The summed E-state index contributed by atoms with van der Waals surface area (Å²) in [6.07, 6.45) is 0.364. The van der Waals surface area contributed by atoms with Crippen LogP contribution in [0.4, 0.5) is 10.1 Å². The molecule has 0 fully saturated rings. The maximum atomic E-state index is 13.4. The van der Waals surface area contributed by atoms with Crippen molar-refractivity contribution in [2.75, 3.05) is 4.90 Å². The molecule has 1 aliphatic heterocycles. The van der Waals surface area contributed by atoms with Crippen LogP contribution in [0.2, 0.25) is 5.02 Å². The van der Waals surface area contributed by atoms with Crippen LogP contribution in [0.1, 0.15) is 11.1 Å². The van der Waals surface area contributed by atoms with E-state index in [0.29, 0.717) is 22.5 Å². The zero-order chi connectivity index (χ0) is 14.3. The molecule has 1 heterocycles. The Morgan fingerprint density at radius 3 is 2.80 bits per heavy atom. The van der Waals surface area contributed by atoms with E-state index in [1.54, 1.807) is 23.1 Å². The molecule has 0 bridgehead atoms. The Hall–Kier alpha value is -1.39. The van der Waals surface area contributed by atoms with Gasteiger partial charge in [-0.2, -0.15) is 0 Å². The van der Waals surface area contributed by atoms with Gasteiger partial charge in [-0.25, -0.2) is 4.39 Å². The van der Waals surface area contributed by atoms with Crippen molar-refractivity contribution in [3.05, 3.63) is 62.8 Å². The molecular formula is C15H10BrClFNO. The number of fused-ring (bicyclic) bond motifs is 1. The monoisotopic (exact) mass is 353 g/mol. The van der Waals surface area contributed by atoms with Gasteiger partial charge in [0, 0.05) is 15.2 Å². The Labute approximate surface area is 129 Å². The highest BCUT2D eigenvalue weighted by atomic mass is 79.9. The van der Waals surface area contributed by atoms with Gasteiger partial charge in [0.1, 0.15) is 5.82 Å². The molecule has 2 aromatic rings. The van der Waals surface area contributed by atoms with Crippen molar-refractivity contribution in [2.45, 2.75) is 13.0 Å². The first-order valence-electron chi connectivity index (χ1n) is 6.07. The van der Waals surface area contributed by atoms with E-state index in [1.165, 1.54) is 12.1 Å². The van der Waals surface area contributed by atoms with Gasteiger partial charge in [-0.3, -0.25) is 4.79 Å². The van der Waals surface area contributed by atoms with Crippen molar-refractivity contribution in [2.24, 2.45) is 0 Å². The van der Waals surface area contributed by atoms with Gasteiger partial charge in [0.05, 0.1) is 13.0 Å². The summed E-state index contributed by atoms with van der Waals surface area (Å²) in [6.45, 7) is 0.336. The Balaban J connectivity index is 1.95. The normalized spacial score (nSPS) is 13.8. The van der Waals surface area contributed by atoms with E-state index in [1.807, 2.05) is 6.07 Å². The summed E-state index contributed by atoms with van der Waals surface area (Å²) < 4.78 is 14.1. The van der Waals surface area contributed by atoms with Crippen LogP contribution in [0.25, 0.3) is 0 Å². The molecule has 0 spiro atoms. The van der Waals surface area contributed by atoms with Crippen LogP contribution >= 0.6 is 27.5 Å². The fourth-order valence-corrected chi connectivity index (χ4v) is 3.07. The summed E-state index contributed by atoms with van der Waals surface area (Å²) in [6, 6.07) is 10.0. The zero-order valence-electron chi connectivity index (χ0n) is 10.4. The first-order chi connectivity index (χ1) is 9.52. The summed E-state index contributed by atoms with van der Waals surface area (Å²) in [5, 5.41) is 0.587. The lowest BCUT2D eigenvalue weighted by atomic mass is 10.1. The molecule has 0 aromatic heterocycles. The Bertz CT molecular complexity index is 684. The van der Waals surface area contributed by atoms with E-state index >= 15 is 0 Å². The first kappa shape index (κ1) is 13.6. The largest absolute Gasteiger partial charge is 0.307 e. The molecule has 0 radical (unpaired) electrons. The van der Waals surface area contributed by atoms with Crippen LogP contribution in [-0.4, -0.2) is 5.91 Å². The molecule has 5 heteroatoms. The number of halogens is 3. The second-order valence-corrected chi connectivity index (χ2v) is 6.06. The fourth-order valence-electron chi connectivity index (χ4n) is 2.39. The number of rotatable bonds is 2. The minimum atomic E-state index is -0.327. The molecular weight excluding hydrogens is 345 g/mol. The molecule has 0 saturated carbocycles. The number of carbonyl (C=O) groups excluding carboxylic acids is 1. The van der Waals surface area contributed by atoms with E-state index < -0.39 is 0 Å². The van der Waals surface area contributed by atoms with Gasteiger partial charge in [-0.1, -0.05) is 33.6 Å². The molecule has 1 amide bonds. The first-order valence-corrected chi connectivity index (χ1v) is 7.24. The Kier molecular flexibility index (Phi) is 3.52. The molecule has 0 saturated heterocycles. The van der Waals surface area contributed by atoms with Crippen molar-refractivity contribution in [1.29, 1.82) is 0 Å². The Morgan fingerprint density at radius 1 is 1.25 bits per heavy atom. The van der Waals surface area contributed by atoms with Crippen LogP contribution in [0.15, 0.2) is 40.9 Å². The number of carbonyl (C=O) groups is 1. The van der Waals surface area contributed by atoms with Gasteiger partial charge in [0.2, 0.25) is 5.91 Å². The molecule has 102 valence electrons. The topological polar surface area (TPSA) is 20.3 Å². The van der Waals surface area contributed by atoms with Gasteiger partial charge < -0.3 is 4.90 Å². The number of anilines is 1. The maximum absolute atomic E-state index is 13.4. The van der Waals surface area contributed by atoms with Crippen LogP contribution in [0, 0.1) is 5.82 Å². The lowest BCUT2D eigenvalue weighted by Gasteiger charge is -2.18. The molecule has 20 heavy (non-hydrogen) atoms. The highest BCUT2D eigenvalue weighted by Crippen LogP contribution is 2.33. The quantitative estimate of drug-likeness (QED) is 0.786. The molecule has 1 aliphatic rings. The van der Waals surface area contributed by atoms with Gasteiger partial charge in [0.15, 0.2) is 0 Å². The van der Waals surface area contributed by atoms with Crippen molar-refractivity contribution in [3.8, 4) is 0 Å². The van der Waals surface area contributed by atoms with Gasteiger partial charge in [0.25, 0.3) is 0 Å². The number of nitrogens with zero attached hydrogens (tertiary/aromatic N) is 1. The molecule has 3 rings (SSSR count). The van der Waals surface area contributed by atoms with Crippen molar-refractivity contribution >= 4 is 39.1 Å². The van der Waals surface area contributed by atoms with E-state index in [2.05, 4.69) is 15.9 Å². The third-order valence-electron chi connectivity index (χ3n) is 3.24. The molecule has 2 aromatic carbocycles. The number of benzene rings is 2. The van der Waals surface area contributed by atoms with Crippen molar-refractivity contribution in [1.82, 2.24) is 0 Å². The Morgan fingerprint density at radius 2 is 2.05 bits per heavy atom. The average Bonchev–Trinajstić information content (AvgIpc) is 2.65.